The molecule has 0 aliphatic carbocycles. The Morgan fingerprint density at radius 3 is 2.67 bits per heavy atom. The lowest BCUT2D eigenvalue weighted by atomic mass is 10.1. The third kappa shape index (κ3) is 3.07. The van der Waals surface area contributed by atoms with E-state index in [4.69, 9.17) is 21.9 Å². The van der Waals surface area contributed by atoms with E-state index in [0.717, 1.165) is 5.56 Å². The van der Waals surface area contributed by atoms with Crippen molar-refractivity contribution in [3.8, 4) is 0 Å². The maximum atomic E-state index is 9.34. The average Bonchev–Trinajstić information content (AvgIpc) is 2.79. The minimum atomic E-state index is -0.728. The van der Waals surface area contributed by atoms with E-state index in [2.05, 4.69) is 10.1 Å². The van der Waals surface area contributed by atoms with Crippen molar-refractivity contribution >= 4 is 11.6 Å². The molecule has 0 aliphatic rings. The molecule has 0 bridgehead atoms. The van der Waals surface area contributed by atoms with Crippen molar-refractivity contribution in [2.45, 2.75) is 25.5 Å². The van der Waals surface area contributed by atoms with Gasteiger partial charge in [0.1, 0.15) is 6.04 Å². The first kappa shape index (κ1) is 13.0. The van der Waals surface area contributed by atoms with Gasteiger partial charge in [0.15, 0.2) is 5.82 Å². The lowest BCUT2D eigenvalue weighted by molar-refractivity contribution is 0.146. The zero-order valence-electron chi connectivity index (χ0n) is 9.88. The van der Waals surface area contributed by atoms with Gasteiger partial charge in [0.2, 0.25) is 5.89 Å². The molecule has 1 aromatic carbocycles. The molecular weight excluding hydrogens is 254 g/mol. The first-order chi connectivity index (χ1) is 8.56. The van der Waals surface area contributed by atoms with Crippen LogP contribution < -0.4 is 5.73 Å². The predicted molar refractivity (Wildman–Crippen MR) is 67.2 cm³/mol. The molecule has 2 atom stereocenters. The summed E-state index contributed by atoms with van der Waals surface area (Å²) in [7, 11) is 0. The fraction of sp³-hybridized carbons (Fsp3) is 0.333. The molecule has 3 N–H and O–H groups in total. The zero-order chi connectivity index (χ0) is 13.1. The fourth-order valence-corrected chi connectivity index (χ4v) is 1.59. The zero-order valence-corrected chi connectivity index (χ0v) is 10.6. The SMILES string of the molecule is CC(O)C(N)c1nc(Cc2ccc(Cl)cc2)no1. The summed E-state index contributed by atoms with van der Waals surface area (Å²) in [4.78, 5) is 4.15. The second-order valence-corrected chi connectivity index (χ2v) is 4.55. The molecule has 96 valence electrons. The van der Waals surface area contributed by atoms with Crippen LogP contribution in [0.1, 0.15) is 30.2 Å². The van der Waals surface area contributed by atoms with E-state index in [1.165, 1.54) is 0 Å². The Bertz CT molecular complexity index is 510. The van der Waals surface area contributed by atoms with Crippen LogP contribution in [0, 0.1) is 0 Å². The quantitative estimate of drug-likeness (QED) is 0.881. The summed E-state index contributed by atoms with van der Waals surface area (Å²) in [6.45, 7) is 1.58. The molecule has 2 aromatic rings. The van der Waals surface area contributed by atoms with Crippen molar-refractivity contribution in [3.63, 3.8) is 0 Å². The molecule has 0 amide bonds. The van der Waals surface area contributed by atoms with E-state index in [-0.39, 0.29) is 5.89 Å². The lowest BCUT2D eigenvalue weighted by Gasteiger charge is -2.08. The van der Waals surface area contributed by atoms with Crippen LogP contribution in [0.2, 0.25) is 5.02 Å². The van der Waals surface area contributed by atoms with Gasteiger partial charge in [-0.05, 0) is 24.6 Å². The van der Waals surface area contributed by atoms with Crippen molar-refractivity contribution in [2.75, 3.05) is 0 Å². The number of aliphatic hydroxyl groups is 1. The van der Waals surface area contributed by atoms with Crippen molar-refractivity contribution in [1.29, 1.82) is 0 Å². The Morgan fingerprint density at radius 1 is 1.39 bits per heavy atom. The van der Waals surface area contributed by atoms with Gasteiger partial charge in [-0.2, -0.15) is 4.98 Å². The highest BCUT2D eigenvalue weighted by Crippen LogP contribution is 2.15. The number of rotatable bonds is 4. The Balaban J connectivity index is 2.09. The van der Waals surface area contributed by atoms with Gasteiger partial charge in [-0.3, -0.25) is 0 Å². The number of benzene rings is 1. The van der Waals surface area contributed by atoms with Gasteiger partial charge in [-0.15, -0.1) is 0 Å². The number of aliphatic hydroxyl groups excluding tert-OH is 1. The van der Waals surface area contributed by atoms with Crippen LogP contribution in [0.3, 0.4) is 0 Å². The molecule has 2 unspecified atom stereocenters. The highest BCUT2D eigenvalue weighted by atomic mass is 35.5. The molecule has 0 spiro atoms. The lowest BCUT2D eigenvalue weighted by Crippen LogP contribution is -2.23. The molecule has 0 saturated heterocycles. The van der Waals surface area contributed by atoms with E-state index in [0.29, 0.717) is 17.3 Å². The topological polar surface area (TPSA) is 85.2 Å². The van der Waals surface area contributed by atoms with Crippen molar-refractivity contribution < 1.29 is 9.63 Å². The fourth-order valence-electron chi connectivity index (χ4n) is 1.47. The van der Waals surface area contributed by atoms with Crippen LogP contribution in [-0.4, -0.2) is 21.4 Å². The number of hydrogen-bond acceptors (Lipinski definition) is 5. The van der Waals surface area contributed by atoms with Gasteiger partial charge in [-0.25, -0.2) is 0 Å². The number of nitrogens with zero attached hydrogens (tertiary/aromatic N) is 2. The van der Waals surface area contributed by atoms with Gasteiger partial charge >= 0.3 is 0 Å². The monoisotopic (exact) mass is 267 g/mol. The molecule has 18 heavy (non-hydrogen) atoms. The largest absolute Gasteiger partial charge is 0.391 e. The number of nitrogens with two attached hydrogens (primary N) is 1. The molecule has 0 radical (unpaired) electrons. The van der Waals surface area contributed by atoms with Gasteiger partial charge in [-0.1, -0.05) is 28.9 Å². The normalized spacial score (nSPS) is 14.4. The molecule has 0 fully saturated rings. The highest BCUT2D eigenvalue weighted by Gasteiger charge is 2.19. The van der Waals surface area contributed by atoms with Crippen LogP contribution in [-0.2, 0) is 6.42 Å². The minimum absolute atomic E-state index is 0.244. The third-order valence-corrected chi connectivity index (χ3v) is 2.82. The second kappa shape index (κ2) is 5.48. The predicted octanol–water partition coefficient (Wildman–Crippen LogP) is 1.69. The molecule has 0 aliphatic heterocycles. The second-order valence-electron chi connectivity index (χ2n) is 4.12. The summed E-state index contributed by atoms with van der Waals surface area (Å²) >= 11 is 5.80. The summed E-state index contributed by atoms with van der Waals surface area (Å²) in [5.41, 5.74) is 6.73. The molecule has 1 aromatic heterocycles. The van der Waals surface area contributed by atoms with E-state index in [1.54, 1.807) is 19.1 Å². The summed E-state index contributed by atoms with van der Waals surface area (Å²) in [5, 5.41) is 13.8. The Morgan fingerprint density at radius 2 is 2.06 bits per heavy atom. The average molecular weight is 268 g/mol. The molecule has 2 rings (SSSR count). The molecule has 0 saturated carbocycles. The van der Waals surface area contributed by atoms with E-state index in [1.807, 2.05) is 12.1 Å². The smallest absolute Gasteiger partial charge is 0.246 e. The van der Waals surface area contributed by atoms with Gasteiger partial charge in [0.25, 0.3) is 0 Å². The Hall–Kier alpha value is -1.43. The van der Waals surface area contributed by atoms with Crippen LogP contribution in [0.15, 0.2) is 28.8 Å². The number of hydrogen-bond donors (Lipinski definition) is 2. The van der Waals surface area contributed by atoms with Crippen molar-refractivity contribution in [3.05, 3.63) is 46.6 Å². The van der Waals surface area contributed by atoms with Crippen LogP contribution in [0.5, 0.6) is 0 Å². The van der Waals surface area contributed by atoms with Gasteiger partial charge < -0.3 is 15.4 Å². The number of aromatic nitrogens is 2. The van der Waals surface area contributed by atoms with E-state index < -0.39 is 12.1 Å². The van der Waals surface area contributed by atoms with Crippen LogP contribution in [0.4, 0.5) is 0 Å². The molecular formula is C12H14ClN3O2. The summed E-state index contributed by atoms with van der Waals surface area (Å²) in [6.07, 6.45) is -0.193. The Kier molecular flexibility index (Phi) is 3.96. The van der Waals surface area contributed by atoms with Gasteiger partial charge in [0.05, 0.1) is 6.10 Å². The first-order valence-electron chi connectivity index (χ1n) is 5.57. The highest BCUT2D eigenvalue weighted by molar-refractivity contribution is 6.30. The van der Waals surface area contributed by atoms with E-state index >= 15 is 0 Å². The number of halogens is 1. The van der Waals surface area contributed by atoms with Crippen LogP contribution in [0.25, 0.3) is 0 Å². The summed E-state index contributed by atoms with van der Waals surface area (Å²) in [6, 6.07) is 6.75. The summed E-state index contributed by atoms with van der Waals surface area (Å²) < 4.78 is 5.01. The van der Waals surface area contributed by atoms with Gasteiger partial charge in [0, 0.05) is 11.4 Å². The molecule has 1 heterocycles. The Labute approximate surface area is 110 Å². The van der Waals surface area contributed by atoms with Crippen LogP contribution >= 0.6 is 11.6 Å². The van der Waals surface area contributed by atoms with Crippen molar-refractivity contribution in [1.82, 2.24) is 10.1 Å². The first-order valence-corrected chi connectivity index (χ1v) is 5.94. The standard InChI is InChI=1S/C12H14ClN3O2/c1-7(17)11(14)12-15-10(16-18-12)6-8-2-4-9(13)5-3-8/h2-5,7,11,17H,6,14H2,1H3. The third-order valence-electron chi connectivity index (χ3n) is 2.56. The maximum Gasteiger partial charge on any atom is 0.246 e. The molecule has 6 heteroatoms. The molecule has 5 nitrogen and oxygen atoms in total. The van der Waals surface area contributed by atoms with Crippen molar-refractivity contribution in [2.24, 2.45) is 5.73 Å². The van der Waals surface area contributed by atoms with E-state index in [9.17, 15) is 5.11 Å². The minimum Gasteiger partial charge on any atom is -0.391 e. The maximum absolute atomic E-state index is 9.34. The summed E-state index contributed by atoms with van der Waals surface area (Å²) in [5.74, 6) is 0.775.